The van der Waals surface area contributed by atoms with Crippen molar-refractivity contribution in [3.63, 3.8) is 0 Å². The molecule has 1 heterocycles. The predicted octanol–water partition coefficient (Wildman–Crippen LogP) is 3.96. The molecule has 20 heavy (non-hydrogen) atoms. The minimum absolute atomic E-state index is 0.202. The van der Waals surface area contributed by atoms with Crippen LogP contribution < -0.4 is 5.73 Å². The fraction of sp³-hybridized carbons (Fsp3) is 0.333. The topological polar surface area (TPSA) is 51.8 Å². The summed E-state index contributed by atoms with van der Waals surface area (Å²) in [5, 5.41) is 0.701. The molecule has 0 spiro atoms. The van der Waals surface area contributed by atoms with Gasteiger partial charge in [0.2, 0.25) is 0 Å². The van der Waals surface area contributed by atoms with Gasteiger partial charge in [0.1, 0.15) is 22.5 Å². The molecule has 0 bridgehead atoms. The molecule has 0 amide bonds. The summed E-state index contributed by atoms with van der Waals surface area (Å²) in [5.74, 6) is 0.856. The molecule has 0 aliphatic rings. The van der Waals surface area contributed by atoms with Crippen LogP contribution in [0.2, 0.25) is 0 Å². The maximum absolute atomic E-state index is 13.7. The molecule has 106 valence electrons. The minimum atomic E-state index is -0.258. The van der Waals surface area contributed by atoms with Crippen LogP contribution in [-0.4, -0.2) is 9.97 Å². The highest BCUT2D eigenvalue weighted by atomic mass is 32.2. The third-order valence-electron chi connectivity index (χ3n) is 2.85. The average Bonchev–Trinajstić information content (AvgIpc) is 2.36. The Morgan fingerprint density at radius 2 is 1.80 bits per heavy atom. The number of nitrogens with two attached hydrogens (primary N) is 1. The average molecular weight is 291 g/mol. The molecular weight excluding hydrogens is 273 g/mol. The Kier molecular flexibility index (Phi) is 3.99. The number of nitrogen functional groups attached to an aromatic ring is 1. The summed E-state index contributed by atoms with van der Waals surface area (Å²) < 4.78 is 13.7. The molecule has 0 saturated heterocycles. The van der Waals surface area contributed by atoms with E-state index < -0.39 is 0 Å². The summed E-state index contributed by atoms with van der Waals surface area (Å²) in [5.41, 5.74) is 6.53. The number of anilines is 1. The highest BCUT2D eigenvalue weighted by Crippen LogP contribution is 2.33. The van der Waals surface area contributed by atoms with Crippen molar-refractivity contribution in [1.82, 2.24) is 9.97 Å². The molecule has 0 aliphatic heterocycles. The van der Waals surface area contributed by atoms with Gasteiger partial charge in [-0.25, -0.2) is 14.4 Å². The lowest BCUT2D eigenvalue weighted by Gasteiger charge is -2.19. The first kappa shape index (κ1) is 14.8. The van der Waals surface area contributed by atoms with Gasteiger partial charge in [-0.3, -0.25) is 0 Å². The molecular formula is C15H18FN3S. The van der Waals surface area contributed by atoms with Crippen molar-refractivity contribution >= 4 is 17.6 Å². The summed E-state index contributed by atoms with van der Waals surface area (Å²) in [4.78, 5) is 9.41. The molecule has 2 rings (SSSR count). The Bertz CT molecular complexity index is 636. The first-order valence-corrected chi connectivity index (χ1v) is 7.17. The van der Waals surface area contributed by atoms with E-state index in [2.05, 4.69) is 9.97 Å². The third kappa shape index (κ3) is 3.10. The van der Waals surface area contributed by atoms with Gasteiger partial charge in [-0.05, 0) is 19.1 Å². The van der Waals surface area contributed by atoms with Crippen LogP contribution in [-0.2, 0) is 5.41 Å². The largest absolute Gasteiger partial charge is 0.383 e. The fourth-order valence-electron chi connectivity index (χ4n) is 1.58. The molecule has 1 aromatic heterocycles. The van der Waals surface area contributed by atoms with E-state index in [0.717, 1.165) is 5.56 Å². The highest BCUT2D eigenvalue weighted by Gasteiger charge is 2.21. The number of nitrogens with zero attached hydrogens (tertiary/aromatic N) is 2. The maximum atomic E-state index is 13.7. The summed E-state index contributed by atoms with van der Waals surface area (Å²) >= 11 is 1.28. The SMILES string of the molecule is Cc1c(N)nc(C(C)(C)C)nc1Sc1ccccc1F. The molecule has 3 nitrogen and oxygen atoms in total. The lowest BCUT2D eigenvalue weighted by molar-refractivity contribution is 0.538. The summed E-state index contributed by atoms with van der Waals surface area (Å²) in [6, 6.07) is 6.64. The number of hydrogen-bond donors (Lipinski definition) is 1. The zero-order chi connectivity index (χ0) is 14.9. The molecule has 2 N–H and O–H groups in total. The van der Waals surface area contributed by atoms with Crippen LogP contribution in [0.25, 0.3) is 0 Å². The van der Waals surface area contributed by atoms with E-state index >= 15 is 0 Å². The van der Waals surface area contributed by atoms with E-state index in [-0.39, 0.29) is 11.2 Å². The Labute approximate surface area is 122 Å². The minimum Gasteiger partial charge on any atom is -0.383 e. The Hall–Kier alpha value is -1.62. The van der Waals surface area contributed by atoms with Gasteiger partial charge in [-0.1, -0.05) is 44.7 Å². The number of hydrogen-bond acceptors (Lipinski definition) is 4. The van der Waals surface area contributed by atoms with Gasteiger partial charge in [-0.15, -0.1) is 0 Å². The van der Waals surface area contributed by atoms with Crippen LogP contribution >= 0.6 is 11.8 Å². The van der Waals surface area contributed by atoms with Crippen molar-refractivity contribution in [2.45, 2.75) is 43.0 Å². The first-order valence-electron chi connectivity index (χ1n) is 6.36. The molecule has 1 aromatic carbocycles. The molecule has 5 heteroatoms. The van der Waals surface area contributed by atoms with Crippen molar-refractivity contribution in [3.05, 3.63) is 41.5 Å². The Balaban J connectivity index is 2.46. The zero-order valence-corrected chi connectivity index (χ0v) is 12.9. The zero-order valence-electron chi connectivity index (χ0n) is 12.1. The Morgan fingerprint density at radius 1 is 1.15 bits per heavy atom. The number of benzene rings is 1. The monoisotopic (exact) mass is 291 g/mol. The summed E-state index contributed by atoms with van der Waals surface area (Å²) in [6.45, 7) is 7.92. The number of aromatic nitrogens is 2. The van der Waals surface area contributed by atoms with Gasteiger partial charge < -0.3 is 5.73 Å². The quantitative estimate of drug-likeness (QED) is 0.851. The van der Waals surface area contributed by atoms with Crippen molar-refractivity contribution in [2.75, 3.05) is 5.73 Å². The van der Waals surface area contributed by atoms with Crippen LogP contribution in [0.5, 0.6) is 0 Å². The van der Waals surface area contributed by atoms with Crippen molar-refractivity contribution in [2.24, 2.45) is 0 Å². The van der Waals surface area contributed by atoms with E-state index in [4.69, 9.17) is 5.73 Å². The fourth-order valence-corrected chi connectivity index (χ4v) is 2.49. The van der Waals surface area contributed by atoms with Crippen molar-refractivity contribution in [1.29, 1.82) is 0 Å². The lowest BCUT2D eigenvalue weighted by Crippen LogP contribution is -2.18. The van der Waals surface area contributed by atoms with Crippen LogP contribution in [0.15, 0.2) is 34.2 Å². The second kappa shape index (κ2) is 5.40. The molecule has 0 radical (unpaired) electrons. The smallest absolute Gasteiger partial charge is 0.137 e. The standard InChI is InChI=1S/C15H18FN3S/c1-9-12(17)18-14(15(2,3)4)19-13(9)20-11-8-6-5-7-10(11)16/h5-8H,1-4H3,(H2,17,18,19). The summed E-state index contributed by atoms with van der Waals surface area (Å²) in [6.07, 6.45) is 0. The molecule has 0 atom stereocenters. The van der Waals surface area contributed by atoms with Gasteiger partial charge in [0.05, 0.1) is 0 Å². The maximum Gasteiger partial charge on any atom is 0.137 e. The summed E-state index contributed by atoms with van der Waals surface area (Å²) in [7, 11) is 0. The van der Waals surface area contributed by atoms with Gasteiger partial charge in [-0.2, -0.15) is 0 Å². The number of rotatable bonds is 2. The van der Waals surface area contributed by atoms with Gasteiger partial charge >= 0.3 is 0 Å². The second-order valence-corrected chi connectivity index (χ2v) is 6.68. The first-order chi connectivity index (χ1) is 9.29. The molecule has 0 aliphatic carbocycles. The van der Waals surface area contributed by atoms with E-state index in [1.807, 2.05) is 27.7 Å². The molecule has 0 fully saturated rings. The van der Waals surface area contributed by atoms with Gasteiger partial charge in [0.15, 0.2) is 0 Å². The molecule has 2 aromatic rings. The van der Waals surface area contributed by atoms with Gasteiger partial charge in [0, 0.05) is 15.9 Å². The van der Waals surface area contributed by atoms with E-state index in [9.17, 15) is 4.39 Å². The van der Waals surface area contributed by atoms with Crippen LogP contribution in [0.4, 0.5) is 10.2 Å². The highest BCUT2D eigenvalue weighted by molar-refractivity contribution is 7.99. The van der Waals surface area contributed by atoms with Crippen LogP contribution in [0, 0.1) is 12.7 Å². The normalized spacial score (nSPS) is 11.7. The van der Waals surface area contributed by atoms with Crippen LogP contribution in [0.1, 0.15) is 32.2 Å². The van der Waals surface area contributed by atoms with Crippen molar-refractivity contribution in [3.8, 4) is 0 Å². The van der Waals surface area contributed by atoms with E-state index in [1.54, 1.807) is 18.2 Å². The van der Waals surface area contributed by atoms with Crippen molar-refractivity contribution < 1.29 is 4.39 Å². The molecule has 0 unspecified atom stereocenters. The van der Waals surface area contributed by atoms with Crippen LogP contribution in [0.3, 0.4) is 0 Å². The second-order valence-electron chi connectivity index (χ2n) is 5.65. The third-order valence-corrected chi connectivity index (χ3v) is 3.99. The van der Waals surface area contributed by atoms with Gasteiger partial charge in [0.25, 0.3) is 0 Å². The van der Waals surface area contributed by atoms with E-state index in [0.29, 0.717) is 21.6 Å². The predicted molar refractivity (Wildman–Crippen MR) is 80.4 cm³/mol. The lowest BCUT2D eigenvalue weighted by atomic mass is 9.95. The van der Waals surface area contributed by atoms with E-state index in [1.165, 1.54) is 17.8 Å². The number of halogens is 1. The Morgan fingerprint density at radius 3 is 2.40 bits per heavy atom. The molecule has 0 saturated carbocycles.